The van der Waals surface area contributed by atoms with Gasteiger partial charge in [-0.3, -0.25) is 4.79 Å². The number of fused-ring (bicyclic) bond motifs is 1. The van der Waals surface area contributed by atoms with Gasteiger partial charge in [-0.1, -0.05) is 44.0 Å². The van der Waals surface area contributed by atoms with Crippen molar-refractivity contribution in [1.29, 1.82) is 0 Å². The van der Waals surface area contributed by atoms with E-state index in [1.54, 1.807) is 36.7 Å². The molecule has 0 unspecified atom stereocenters. The fourth-order valence-corrected chi connectivity index (χ4v) is 4.85. The predicted octanol–water partition coefficient (Wildman–Crippen LogP) is 6.10. The third-order valence-electron chi connectivity index (χ3n) is 6.67. The number of nitrogens with zero attached hydrogens (tertiary/aromatic N) is 6. The van der Waals surface area contributed by atoms with Gasteiger partial charge in [0.2, 0.25) is 5.88 Å². The molecule has 39 heavy (non-hydrogen) atoms. The Morgan fingerprint density at radius 2 is 1.90 bits per heavy atom. The van der Waals surface area contributed by atoms with E-state index in [2.05, 4.69) is 64.2 Å². The van der Waals surface area contributed by atoms with Gasteiger partial charge in [0.05, 0.1) is 16.2 Å². The molecule has 4 aromatic rings. The second-order valence-corrected chi connectivity index (χ2v) is 16.1. The molecular weight excluding hydrogens is 557 g/mol. The number of aromatic nitrogens is 6. The summed E-state index contributed by atoms with van der Waals surface area (Å²) >= 11 is 12.3. The Bertz CT molecular complexity index is 1440. The van der Waals surface area contributed by atoms with Crippen LogP contribution in [-0.2, 0) is 9.22 Å². The molecule has 4 rings (SSSR count). The molecule has 0 bridgehead atoms. The Balaban J connectivity index is 1.56. The van der Waals surface area contributed by atoms with Crippen LogP contribution in [0.15, 0.2) is 49.2 Å². The van der Waals surface area contributed by atoms with E-state index >= 15 is 0 Å². The van der Waals surface area contributed by atoms with Crippen LogP contribution in [0.2, 0.25) is 28.2 Å². The monoisotopic (exact) mass is 587 g/mol. The quantitative estimate of drug-likeness (QED) is 0.175. The van der Waals surface area contributed by atoms with Crippen LogP contribution in [0.25, 0.3) is 16.9 Å². The van der Waals surface area contributed by atoms with E-state index in [0.29, 0.717) is 52.2 Å². The second kappa shape index (κ2) is 11.9. The van der Waals surface area contributed by atoms with Crippen molar-refractivity contribution in [1.82, 2.24) is 29.7 Å². The summed E-state index contributed by atoms with van der Waals surface area (Å²) in [6.45, 7) is 11.5. The van der Waals surface area contributed by atoms with E-state index < -0.39 is 14.4 Å². The summed E-state index contributed by atoms with van der Waals surface area (Å²) in [6.07, 6.45) is 6.10. The zero-order valence-electron chi connectivity index (χ0n) is 22.5. The van der Waals surface area contributed by atoms with Gasteiger partial charge in [0.15, 0.2) is 25.9 Å². The van der Waals surface area contributed by atoms with Gasteiger partial charge in [-0.25, -0.2) is 19.9 Å². The Kier molecular flexibility index (Phi) is 8.85. The second-order valence-electron chi connectivity index (χ2n) is 10.5. The molecule has 0 aliphatic heterocycles. The lowest BCUT2D eigenvalue weighted by molar-refractivity contribution is -0.123. The summed E-state index contributed by atoms with van der Waals surface area (Å²) < 4.78 is 14.0. The number of hydrogen-bond acceptors (Lipinski definition) is 8. The van der Waals surface area contributed by atoms with Crippen LogP contribution in [-0.4, -0.2) is 56.7 Å². The Morgan fingerprint density at radius 3 is 2.59 bits per heavy atom. The Morgan fingerprint density at radius 1 is 1.10 bits per heavy atom. The summed E-state index contributed by atoms with van der Waals surface area (Å²) in [7, 11) is -1.93. The van der Waals surface area contributed by atoms with Gasteiger partial charge >= 0.3 is 0 Å². The van der Waals surface area contributed by atoms with Crippen molar-refractivity contribution in [2.45, 2.75) is 57.8 Å². The number of anilines is 1. The van der Waals surface area contributed by atoms with Crippen molar-refractivity contribution >= 4 is 54.3 Å². The molecule has 0 aliphatic carbocycles. The number of carbonyl (C=O) groups excluding carboxylic acids is 1. The van der Waals surface area contributed by atoms with Crippen molar-refractivity contribution in [2.75, 3.05) is 11.9 Å². The van der Waals surface area contributed by atoms with Gasteiger partial charge in [0.1, 0.15) is 17.5 Å². The van der Waals surface area contributed by atoms with Crippen molar-refractivity contribution in [3.05, 3.63) is 59.2 Å². The van der Waals surface area contributed by atoms with Gasteiger partial charge < -0.3 is 14.5 Å². The summed E-state index contributed by atoms with van der Waals surface area (Å²) in [5.74, 6) is 0.627. The molecule has 4 heterocycles. The van der Waals surface area contributed by atoms with Crippen LogP contribution in [0, 0.1) is 0 Å². The molecule has 10 nitrogen and oxygen atoms in total. The molecule has 0 saturated carbocycles. The molecule has 0 aliphatic rings. The van der Waals surface area contributed by atoms with Gasteiger partial charge in [0.25, 0.3) is 5.91 Å². The first-order chi connectivity index (χ1) is 18.5. The van der Waals surface area contributed by atoms with Crippen LogP contribution in [0.3, 0.4) is 0 Å². The maximum Gasteiger partial charge on any atom is 0.266 e. The average molecular weight is 589 g/mol. The average Bonchev–Trinajstić information content (AvgIpc) is 3.31. The largest absolute Gasteiger partial charge is 0.464 e. The van der Waals surface area contributed by atoms with Crippen molar-refractivity contribution in [3.63, 3.8) is 0 Å². The molecule has 0 spiro atoms. The van der Waals surface area contributed by atoms with E-state index in [1.807, 2.05) is 0 Å². The number of pyridine rings is 2. The van der Waals surface area contributed by atoms with Crippen molar-refractivity contribution in [3.8, 4) is 11.7 Å². The predicted molar refractivity (Wildman–Crippen MR) is 154 cm³/mol. The van der Waals surface area contributed by atoms with Crippen LogP contribution in [0.4, 0.5) is 5.82 Å². The van der Waals surface area contributed by atoms with Crippen LogP contribution in [0.1, 0.15) is 33.6 Å². The fourth-order valence-electron chi connectivity index (χ4n) is 3.45. The van der Waals surface area contributed by atoms with E-state index in [0.717, 1.165) is 0 Å². The standard InChI is InChI=1S/C26H31Cl2N7O3Si/c1-26(2,3)39(4,5)37-13-7-9-20(24(36)34-21-11-10-17(27)14-30-21)38-25-18-15-33-35(22(18)31-16-32-25)23-19(28)8-6-12-29-23/h6,8,10-12,14-16,20H,7,9,13H2,1-5H3,(H,30,34,36)/t20-/m0/s1. The normalized spacial score (nSPS) is 12.9. The van der Waals surface area contributed by atoms with E-state index in [1.165, 1.54) is 17.2 Å². The van der Waals surface area contributed by atoms with Gasteiger partial charge in [-0.15, -0.1) is 0 Å². The van der Waals surface area contributed by atoms with E-state index in [9.17, 15) is 4.79 Å². The lowest BCUT2D eigenvalue weighted by Crippen LogP contribution is -2.41. The zero-order chi connectivity index (χ0) is 28.2. The molecule has 1 N–H and O–H groups in total. The summed E-state index contributed by atoms with van der Waals surface area (Å²) in [6, 6.07) is 6.72. The number of halogens is 2. The molecule has 0 radical (unpaired) electrons. The first kappa shape index (κ1) is 28.9. The lowest BCUT2D eigenvalue weighted by Gasteiger charge is -2.36. The minimum atomic E-state index is -1.93. The highest BCUT2D eigenvalue weighted by molar-refractivity contribution is 6.74. The highest BCUT2D eigenvalue weighted by atomic mass is 35.5. The number of amides is 1. The summed E-state index contributed by atoms with van der Waals surface area (Å²) in [4.78, 5) is 30.4. The Labute approximate surface area is 238 Å². The minimum Gasteiger partial charge on any atom is -0.464 e. The van der Waals surface area contributed by atoms with Gasteiger partial charge in [-0.2, -0.15) is 9.78 Å². The summed E-state index contributed by atoms with van der Waals surface area (Å²) in [5.41, 5.74) is 0.445. The van der Waals surface area contributed by atoms with E-state index in [4.69, 9.17) is 32.4 Å². The fraction of sp³-hybridized carbons (Fsp3) is 0.385. The van der Waals surface area contributed by atoms with Crippen LogP contribution in [0.5, 0.6) is 5.88 Å². The zero-order valence-corrected chi connectivity index (χ0v) is 25.0. The highest BCUT2D eigenvalue weighted by Gasteiger charge is 2.37. The maximum absolute atomic E-state index is 13.3. The van der Waals surface area contributed by atoms with E-state index in [-0.39, 0.29) is 16.8 Å². The number of rotatable bonds is 10. The number of hydrogen-bond donors (Lipinski definition) is 1. The van der Waals surface area contributed by atoms with Crippen molar-refractivity contribution in [2.24, 2.45) is 0 Å². The number of nitrogens with one attached hydrogen (secondary N) is 1. The first-order valence-electron chi connectivity index (χ1n) is 12.5. The summed E-state index contributed by atoms with van der Waals surface area (Å²) in [5, 5.41) is 8.67. The third-order valence-corrected chi connectivity index (χ3v) is 11.7. The minimum absolute atomic E-state index is 0.0871. The molecule has 0 saturated heterocycles. The molecule has 0 fully saturated rings. The maximum atomic E-state index is 13.3. The molecule has 0 aromatic carbocycles. The molecular formula is C26H31Cl2N7O3Si. The third kappa shape index (κ3) is 6.91. The topological polar surface area (TPSA) is 117 Å². The SMILES string of the molecule is CC(C)(C)[Si](C)(C)OCCC[C@H](Oc1ncnc2c1cnn2-c1ncccc1Cl)C(=O)Nc1ccc(Cl)cn1. The lowest BCUT2D eigenvalue weighted by atomic mass is 10.2. The molecule has 1 amide bonds. The van der Waals surface area contributed by atoms with Crippen LogP contribution >= 0.6 is 23.2 Å². The van der Waals surface area contributed by atoms with Gasteiger partial charge in [0, 0.05) is 19.0 Å². The molecule has 13 heteroatoms. The number of carbonyl (C=O) groups is 1. The van der Waals surface area contributed by atoms with Crippen molar-refractivity contribution < 1.29 is 14.0 Å². The molecule has 4 aromatic heterocycles. The molecule has 206 valence electrons. The number of ether oxygens (including phenoxy) is 1. The molecule has 1 atom stereocenters. The van der Waals surface area contributed by atoms with Crippen LogP contribution < -0.4 is 10.1 Å². The van der Waals surface area contributed by atoms with Gasteiger partial charge in [-0.05, 0) is 55.2 Å². The Hall–Kier alpha value is -3.12. The first-order valence-corrected chi connectivity index (χ1v) is 16.2. The highest BCUT2D eigenvalue weighted by Crippen LogP contribution is 2.36. The smallest absolute Gasteiger partial charge is 0.266 e.